The van der Waals surface area contributed by atoms with Crippen LogP contribution >= 0.6 is 0 Å². The van der Waals surface area contributed by atoms with E-state index in [-0.39, 0.29) is 23.4 Å². The van der Waals surface area contributed by atoms with Crippen LogP contribution in [0.2, 0.25) is 0 Å². The zero-order valence-corrected chi connectivity index (χ0v) is 11.6. The normalized spacial score (nSPS) is 20.1. The van der Waals surface area contributed by atoms with Crippen molar-refractivity contribution in [3.63, 3.8) is 0 Å². The van der Waals surface area contributed by atoms with Gasteiger partial charge in [0.15, 0.2) is 5.69 Å². The van der Waals surface area contributed by atoms with E-state index in [1.165, 1.54) is 12.3 Å². The Bertz CT molecular complexity index is 551. The number of carboxylic acid groups (broad SMARTS) is 1. The van der Waals surface area contributed by atoms with E-state index in [0.29, 0.717) is 32.1 Å². The highest BCUT2D eigenvalue weighted by atomic mass is 16.5. The van der Waals surface area contributed by atoms with Crippen molar-refractivity contribution in [2.24, 2.45) is 5.92 Å². The minimum Gasteiger partial charge on any atom is -0.477 e. The Hall–Kier alpha value is -2.02. The van der Waals surface area contributed by atoms with Crippen molar-refractivity contribution in [2.75, 3.05) is 26.3 Å². The molecule has 2 aliphatic rings. The highest BCUT2D eigenvalue weighted by Gasteiger charge is 2.33. The van der Waals surface area contributed by atoms with E-state index in [1.807, 2.05) is 4.90 Å². The molecule has 21 heavy (non-hydrogen) atoms. The number of likely N-dealkylation sites (tertiary alicyclic amines) is 1. The van der Waals surface area contributed by atoms with Gasteiger partial charge in [0.05, 0.1) is 19.1 Å². The molecule has 3 heterocycles. The average molecular weight is 291 g/mol. The van der Waals surface area contributed by atoms with Crippen LogP contribution in [0.4, 0.5) is 0 Å². The molecule has 112 valence electrons. The Morgan fingerprint density at radius 2 is 2.00 bits per heavy atom. The molecule has 7 heteroatoms. The summed E-state index contributed by atoms with van der Waals surface area (Å²) in [6, 6.07) is 1.39. The van der Waals surface area contributed by atoms with Crippen LogP contribution in [0.5, 0.6) is 0 Å². The van der Waals surface area contributed by atoms with E-state index in [0.717, 1.165) is 12.8 Å². The largest absolute Gasteiger partial charge is 0.477 e. The molecule has 0 spiro atoms. The SMILES string of the molecule is O=C(O)c1ccnc(C2CCN(C(=O)C3COC3)CC2)n1. The zero-order chi connectivity index (χ0) is 14.8. The summed E-state index contributed by atoms with van der Waals surface area (Å²) in [5.74, 6) is -0.177. The first-order valence-electron chi connectivity index (χ1n) is 7.08. The molecule has 1 amide bonds. The van der Waals surface area contributed by atoms with E-state index >= 15 is 0 Å². The van der Waals surface area contributed by atoms with Crippen molar-refractivity contribution in [1.29, 1.82) is 0 Å². The van der Waals surface area contributed by atoms with Crippen LogP contribution < -0.4 is 0 Å². The van der Waals surface area contributed by atoms with Crippen LogP contribution in [0.3, 0.4) is 0 Å². The van der Waals surface area contributed by atoms with Gasteiger partial charge in [0, 0.05) is 25.2 Å². The number of carbonyl (C=O) groups is 2. The second-order valence-corrected chi connectivity index (χ2v) is 5.44. The Kier molecular flexibility index (Phi) is 3.83. The first kappa shape index (κ1) is 13.9. The summed E-state index contributed by atoms with van der Waals surface area (Å²) in [7, 11) is 0. The Morgan fingerprint density at radius 3 is 2.57 bits per heavy atom. The molecule has 1 aromatic heterocycles. The van der Waals surface area contributed by atoms with E-state index in [4.69, 9.17) is 9.84 Å². The summed E-state index contributed by atoms with van der Waals surface area (Å²) in [5, 5.41) is 8.96. The number of piperidine rings is 1. The van der Waals surface area contributed by atoms with Gasteiger partial charge < -0.3 is 14.7 Å². The van der Waals surface area contributed by atoms with Crippen LogP contribution in [0.1, 0.15) is 35.1 Å². The van der Waals surface area contributed by atoms with Crippen molar-refractivity contribution in [1.82, 2.24) is 14.9 Å². The predicted octanol–water partition coefficient (Wildman–Crippen LogP) is 0.527. The van der Waals surface area contributed by atoms with E-state index in [1.54, 1.807) is 0 Å². The molecule has 0 aliphatic carbocycles. The molecule has 1 N–H and O–H groups in total. The zero-order valence-electron chi connectivity index (χ0n) is 11.6. The number of rotatable bonds is 3. The lowest BCUT2D eigenvalue weighted by atomic mass is 9.94. The Balaban J connectivity index is 1.61. The van der Waals surface area contributed by atoms with Gasteiger partial charge in [0.25, 0.3) is 0 Å². The summed E-state index contributed by atoms with van der Waals surface area (Å²) in [5.41, 5.74) is 0.0186. The second-order valence-electron chi connectivity index (χ2n) is 5.44. The summed E-state index contributed by atoms with van der Waals surface area (Å²) in [6.07, 6.45) is 3.01. The molecule has 0 saturated carbocycles. The highest BCUT2D eigenvalue weighted by molar-refractivity contribution is 5.85. The number of hydrogen-bond donors (Lipinski definition) is 1. The van der Waals surface area contributed by atoms with Crippen molar-refractivity contribution >= 4 is 11.9 Å². The molecule has 1 aromatic rings. The number of ether oxygens (including phenoxy) is 1. The third kappa shape index (κ3) is 2.87. The van der Waals surface area contributed by atoms with Crippen LogP contribution in [-0.4, -0.2) is 58.2 Å². The van der Waals surface area contributed by atoms with Crippen molar-refractivity contribution in [3.8, 4) is 0 Å². The molecule has 2 fully saturated rings. The van der Waals surface area contributed by atoms with Gasteiger partial charge in [-0.2, -0.15) is 0 Å². The lowest BCUT2D eigenvalue weighted by Gasteiger charge is -2.36. The molecule has 2 aliphatic heterocycles. The maximum Gasteiger partial charge on any atom is 0.354 e. The Labute approximate surface area is 121 Å². The first-order chi connectivity index (χ1) is 10.1. The molecular weight excluding hydrogens is 274 g/mol. The second kappa shape index (κ2) is 5.77. The summed E-state index contributed by atoms with van der Waals surface area (Å²) >= 11 is 0. The lowest BCUT2D eigenvalue weighted by Crippen LogP contribution is -2.47. The summed E-state index contributed by atoms with van der Waals surface area (Å²) < 4.78 is 5.05. The van der Waals surface area contributed by atoms with Gasteiger partial charge in [-0.1, -0.05) is 0 Å². The maximum absolute atomic E-state index is 12.1. The van der Waals surface area contributed by atoms with E-state index in [2.05, 4.69) is 9.97 Å². The Morgan fingerprint density at radius 1 is 1.29 bits per heavy atom. The molecule has 0 bridgehead atoms. The molecule has 0 radical (unpaired) electrons. The standard InChI is InChI=1S/C14H17N3O4/c18-13(10-7-21-8-10)17-5-2-9(3-6-17)12-15-4-1-11(16-12)14(19)20/h1,4,9-10H,2-3,5-8H2,(H,19,20). The van der Waals surface area contributed by atoms with Gasteiger partial charge in [0.1, 0.15) is 5.82 Å². The number of aromatic carboxylic acids is 1. The van der Waals surface area contributed by atoms with E-state index < -0.39 is 5.97 Å². The average Bonchev–Trinajstić information content (AvgIpc) is 2.46. The fourth-order valence-electron chi connectivity index (χ4n) is 2.68. The van der Waals surface area contributed by atoms with Gasteiger partial charge in [-0.3, -0.25) is 4.79 Å². The maximum atomic E-state index is 12.1. The van der Waals surface area contributed by atoms with Crippen molar-refractivity contribution in [2.45, 2.75) is 18.8 Å². The van der Waals surface area contributed by atoms with Gasteiger partial charge in [-0.15, -0.1) is 0 Å². The molecule has 0 unspecified atom stereocenters. The third-order valence-electron chi connectivity index (χ3n) is 4.05. The topological polar surface area (TPSA) is 92.6 Å². The van der Waals surface area contributed by atoms with Gasteiger partial charge in [-0.05, 0) is 18.9 Å². The molecular formula is C14H17N3O4. The third-order valence-corrected chi connectivity index (χ3v) is 4.05. The number of amides is 1. The van der Waals surface area contributed by atoms with Gasteiger partial charge in [-0.25, -0.2) is 14.8 Å². The first-order valence-corrected chi connectivity index (χ1v) is 7.08. The minimum absolute atomic E-state index is 0.0186. The van der Waals surface area contributed by atoms with Crippen LogP contribution in [0.15, 0.2) is 12.3 Å². The minimum atomic E-state index is -1.05. The lowest BCUT2D eigenvalue weighted by molar-refractivity contribution is -0.150. The summed E-state index contributed by atoms with van der Waals surface area (Å²) in [6.45, 7) is 2.40. The summed E-state index contributed by atoms with van der Waals surface area (Å²) in [4.78, 5) is 33.2. The monoisotopic (exact) mass is 291 g/mol. The molecule has 2 saturated heterocycles. The van der Waals surface area contributed by atoms with E-state index in [9.17, 15) is 9.59 Å². The fraction of sp³-hybridized carbons (Fsp3) is 0.571. The fourth-order valence-corrected chi connectivity index (χ4v) is 2.68. The number of carbonyl (C=O) groups excluding carboxylic acids is 1. The van der Waals surface area contributed by atoms with Crippen molar-refractivity contribution in [3.05, 3.63) is 23.8 Å². The predicted molar refractivity (Wildman–Crippen MR) is 71.9 cm³/mol. The number of hydrogen-bond acceptors (Lipinski definition) is 5. The number of aromatic nitrogens is 2. The number of carboxylic acids is 1. The molecule has 7 nitrogen and oxygen atoms in total. The number of nitrogens with zero attached hydrogens (tertiary/aromatic N) is 3. The van der Waals surface area contributed by atoms with Gasteiger partial charge >= 0.3 is 5.97 Å². The quantitative estimate of drug-likeness (QED) is 0.873. The van der Waals surface area contributed by atoms with Crippen molar-refractivity contribution < 1.29 is 19.4 Å². The molecule has 0 atom stereocenters. The smallest absolute Gasteiger partial charge is 0.354 e. The van der Waals surface area contributed by atoms with Crippen LogP contribution in [0.25, 0.3) is 0 Å². The van der Waals surface area contributed by atoms with Crippen LogP contribution in [-0.2, 0) is 9.53 Å². The highest BCUT2D eigenvalue weighted by Crippen LogP contribution is 2.27. The van der Waals surface area contributed by atoms with Gasteiger partial charge in [0.2, 0.25) is 5.91 Å². The molecule has 3 rings (SSSR count). The molecule has 0 aromatic carbocycles. The van der Waals surface area contributed by atoms with Crippen LogP contribution in [0, 0.1) is 5.92 Å².